The first-order valence-corrected chi connectivity index (χ1v) is 6.83. The predicted molar refractivity (Wildman–Crippen MR) is 79.7 cm³/mol. The zero-order valence-electron chi connectivity index (χ0n) is 11.3. The third kappa shape index (κ3) is 3.21. The van der Waals surface area contributed by atoms with Crippen LogP contribution in [0.15, 0.2) is 34.8 Å². The van der Waals surface area contributed by atoms with Crippen molar-refractivity contribution in [3.05, 3.63) is 57.6 Å². The molecule has 0 saturated carbocycles. The highest BCUT2D eigenvalue weighted by Gasteiger charge is 2.18. The van der Waals surface area contributed by atoms with Gasteiger partial charge in [0.2, 0.25) is 0 Å². The largest absolute Gasteiger partial charge is 0.496 e. The van der Waals surface area contributed by atoms with Crippen LogP contribution in [0.5, 0.6) is 5.75 Å². The zero-order chi connectivity index (χ0) is 15.6. The molecule has 0 heterocycles. The molecule has 3 nitrogen and oxygen atoms in total. The number of ether oxygens (including phenoxy) is 1. The van der Waals surface area contributed by atoms with Crippen molar-refractivity contribution in [1.82, 2.24) is 0 Å². The minimum atomic E-state index is -0.831. The third-order valence-electron chi connectivity index (χ3n) is 2.93. The van der Waals surface area contributed by atoms with Gasteiger partial charge < -0.3 is 10.1 Å². The Morgan fingerprint density at radius 3 is 2.62 bits per heavy atom. The number of aryl methyl sites for hydroxylation is 1. The van der Waals surface area contributed by atoms with Crippen molar-refractivity contribution < 1.29 is 18.3 Å². The molecule has 0 unspecified atom stereocenters. The van der Waals surface area contributed by atoms with E-state index in [1.54, 1.807) is 12.1 Å². The van der Waals surface area contributed by atoms with Crippen molar-refractivity contribution in [2.24, 2.45) is 0 Å². The summed E-state index contributed by atoms with van der Waals surface area (Å²) in [6.45, 7) is 1.49. The number of carbonyl (C=O) groups excluding carboxylic acids is 1. The summed E-state index contributed by atoms with van der Waals surface area (Å²) in [5.41, 5.74) is -0.0413. The van der Waals surface area contributed by atoms with E-state index in [-0.39, 0.29) is 11.1 Å². The lowest BCUT2D eigenvalue weighted by Crippen LogP contribution is -2.15. The molecule has 0 saturated heterocycles. The van der Waals surface area contributed by atoms with E-state index >= 15 is 0 Å². The summed E-state index contributed by atoms with van der Waals surface area (Å²) in [6.07, 6.45) is 0. The first-order chi connectivity index (χ1) is 9.93. The van der Waals surface area contributed by atoms with Gasteiger partial charge in [-0.15, -0.1) is 0 Å². The number of halogens is 3. The van der Waals surface area contributed by atoms with Gasteiger partial charge in [-0.25, -0.2) is 8.78 Å². The molecule has 2 rings (SSSR count). The van der Waals surface area contributed by atoms with Crippen LogP contribution in [0.4, 0.5) is 14.5 Å². The fourth-order valence-electron chi connectivity index (χ4n) is 1.80. The summed E-state index contributed by atoms with van der Waals surface area (Å²) in [7, 11) is 1.41. The van der Waals surface area contributed by atoms with Crippen LogP contribution >= 0.6 is 15.9 Å². The van der Waals surface area contributed by atoms with E-state index in [2.05, 4.69) is 21.2 Å². The first-order valence-electron chi connectivity index (χ1n) is 6.03. The lowest BCUT2D eigenvalue weighted by Gasteiger charge is -2.12. The Bertz CT molecular complexity index is 704. The van der Waals surface area contributed by atoms with Gasteiger partial charge in [-0.3, -0.25) is 4.79 Å². The monoisotopic (exact) mass is 355 g/mol. The van der Waals surface area contributed by atoms with E-state index in [0.717, 1.165) is 10.5 Å². The summed E-state index contributed by atoms with van der Waals surface area (Å²) in [4.78, 5) is 12.2. The molecule has 0 aromatic heterocycles. The quantitative estimate of drug-likeness (QED) is 0.891. The number of anilines is 1. The number of carbonyl (C=O) groups is 1. The van der Waals surface area contributed by atoms with Crippen LogP contribution in [0.3, 0.4) is 0 Å². The van der Waals surface area contributed by atoms with Crippen LogP contribution in [0, 0.1) is 18.6 Å². The van der Waals surface area contributed by atoms with Crippen molar-refractivity contribution in [1.29, 1.82) is 0 Å². The number of hydrogen-bond donors (Lipinski definition) is 1. The standard InChI is InChI=1S/C15H12BrF2NO2/c1-8-3-6-11(17)14(13(8)18)19-15(20)10-5-4-9(16)7-12(10)21-2/h3-7H,1-2H3,(H,19,20). The molecule has 1 N–H and O–H groups in total. The normalized spacial score (nSPS) is 10.3. The van der Waals surface area contributed by atoms with Crippen molar-refractivity contribution in [3.8, 4) is 5.75 Å². The minimum Gasteiger partial charge on any atom is -0.496 e. The second-order valence-electron chi connectivity index (χ2n) is 4.35. The second-order valence-corrected chi connectivity index (χ2v) is 5.27. The van der Waals surface area contributed by atoms with Crippen LogP contribution in [-0.2, 0) is 0 Å². The average Bonchev–Trinajstić information content (AvgIpc) is 2.47. The Morgan fingerprint density at radius 2 is 1.95 bits per heavy atom. The lowest BCUT2D eigenvalue weighted by molar-refractivity contribution is 0.102. The van der Waals surface area contributed by atoms with Crippen molar-refractivity contribution in [2.45, 2.75) is 6.92 Å². The van der Waals surface area contributed by atoms with E-state index in [1.807, 2.05) is 0 Å². The number of nitrogens with one attached hydrogen (secondary N) is 1. The van der Waals surface area contributed by atoms with Gasteiger partial charge in [-0.05, 0) is 36.8 Å². The Labute approximate surface area is 129 Å². The molecule has 0 aliphatic rings. The summed E-state index contributed by atoms with van der Waals surface area (Å²) >= 11 is 3.25. The molecule has 2 aromatic carbocycles. The van der Waals surface area contributed by atoms with Gasteiger partial charge in [0, 0.05) is 4.47 Å². The Balaban J connectivity index is 2.37. The van der Waals surface area contributed by atoms with E-state index in [4.69, 9.17) is 4.74 Å². The number of hydrogen-bond acceptors (Lipinski definition) is 2. The summed E-state index contributed by atoms with van der Waals surface area (Å²) < 4.78 is 33.4. The molecule has 0 spiro atoms. The molecule has 110 valence electrons. The maximum Gasteiger partial charge on any atom is 0.259 e. The number of benzene rings is 2. The molecule has 2 aromatic rings. The fourth-order valence-corrected chi connectivity index (χ4v) is 2.14. The minimum absolute atomic E-state index is 0.181. The van der Waals surface area contributed by atoms with Gasteiger partial charge in [0.15, 0.2) is 5.82 Å². The zero-order valence-corrected chi connectivity index (χ0v) is 12.9. The SMILES string of the molecule is COc1cc(Br)ccc1C(=O)Nc1c(F)ccc(C)c1F. The smallest absolute Gasteiger partial charge is 0.259 e. The molecular weight excluding hydrogens is 344 g/mol. The summed E-state index contributed by atoms with van der Waals surface area (Å²) in [6, 6.07) is 7.15. The molecule has 0 aliphatic carbocycles. The Hall–Kier alpha value is -1.95. The number of methoxy groups -OCH3 is 1. The highest BCUT2D eigenvalue weighted by Crippen LogP contribution is 2.26. The van der Waals surface area contributed by atoms with Crippen molar-refractivity contribution in [3.63, 3.8) is 0 Å². The summed E-state index contributed by atoms with van der Waals surface area (Å²) in [5.74, 6) is -1.97. The van der Waals surface area contributed by atoms with Gasteiger partial charge in [-0.1, -0.05) is 22.0 Å². The van der Waals surface area contributed by atoms with Gasteiger partial charge in [-0.2, -0.15) is 0 Å². The second kappa shape index (κ2) is 6.22. The van der Waals surface area contributed by atoms with Crippen LogP contribution in [0.1, 0.15) is 15.9 Å². The van der Waals surface area contributed by atoms with E-state index in [1.165, 1.54) is 26.2 Å². The van der Waals surface area contributed by atoms with Gasteiger partial charge in [0.05, 0.1) is 12.7 Å². The number of rotatable bonds is 3. The van der Waals surface area contributed by atoms with Crippen molar-refractivity contribution in [2.75, 3.05) is 12.4 Å². The van der Waals surface area contributed by atoms with Crippen LogP contribution in [-0.4, -0.2) is 13.0 Å². The maximum absolute atomic E-state index is 13.9. The third-order valence-corrected chi connectivity index (χ3v) is 3.42. The molecular formula is C15H12BrF2NO2. The molecule has 6 heteroatoms. The topological polar surface area (TPSA) is 38.3 Å². The van der Waals surface area contributed by atoms with Crippen LogP contribution in [0.25, 0.3) is 0 Å². The molecule has 0 bridgehead atoms. The van der Waals surface area contributed by atoms with Gasteiger partial charge in [0.1, 0.15) is 17.3 Å². The molecule has 0 aliphatic heterocycles. The Kier molecular flexibility index (Phi) is 4.57. The maximum atomic E-state index is 13.9. The first kappa shape index (κ1) is 15.4. The highest BCUT2D eigenvalue weighted by molar-refractivity contribution is 9.10. The average molecular weight is 356 g/mol. The van der Waals surface area contributed by atoms with E-state index in [0.29, 0.717) is 5.75 Å². The molecule has 1 amide bonds. The lowest BCUT2D eigenvalue weighted by atomic mass is 10.1. The molecule has 0 atom stereocenters. The Morgan fingerprint density at radius 1 is 1.24 bits per heavy atom. The highest BCUT2D eigenvalue weighted by atomic mass is 79.9. The van der Waals surface area contributed by atoms with Crippen LogP contribution < -0.4 is 10.1 Å². The predicted octanol–water partition coefficient (Wildman–Crippen LogP) is 4.30. The summed E-state index contributed by atoms with van der Waals surface area (Å²) in [5, 5.41) is 2.25. The van der Waals surface area contributed by atoms with E-state index < -0.39 is 23.2 Å². The van der Waals surface area contributed by atoms with Gasteiger partial charge in [0.25, 0.3) is 5.91 Å². The molecule has 21 heavy (non-hydrogen) atoms. The molecule has 0 radical (unpaired) electrons. The fraction of sp³-hybridized carbons (Fsp3) is 0.133. The van der Waals surface area contributed by atoms with Gasteiger partial charge >= 0.3 is 0 Å². The molecule has 0 fully saturated rings. The van der Waals surface area contributed by atoms with E-state index in [9.17, 15) is 13.6 Å². The van der Waals surface area contributed by atoms with Crippen LogP contribution in [0.2, 0.25) is 0 Å². The number of amides is 1. The van der Waals surface area contributed by atoms with Crippen molar-refractivity contribution >= 4 is 27.5 Å².